The van der Waals surface area contributed by atoms with Crippen LogP contribution in [0.1, 0.15) is 75.1 Å². The van der Waals surface area contributed by atoms with Crippen LogP contribution in [0.4, 0.5) is 4.79 Å². The zero-order valence-corrected chi connectivity index (χ0v) is 31.5. The van der Waals surface area contributed by atoms with E-state index in [4.69, 9.17) is 14.1 Å². The van der Waals surface area contributed by atoms with Gasteiger partial charge in [0.1, 0.15) is 10.6 Å². The summed E-state index contributed by atoms with van der Waals surface area (Å²) in [6, 6.07) is 29.8. The van der Waals surface area contributed by atoms with Gasteiger partial charge in [0.05, 0.1) is 28.2 Å². The summed E-state index contributed by atoms with van der Waals surface area (Å²) < 4.78 is 13.5. The van der Waals surface area contributed by atoms with E-state index in [2.05, 4.69) is 111 Å². The molecule has 0 unspecified atom stereocenters. The van der Waals surface area contributed by atoms with Crippen molar-refractivity contribution < 1.29 is 14.0 Å². The molecule has 1 aliphatic heterocycles. The highest BCUT2D eigenvalue weighted by Gasteiger charge is 2.53. The minimum atomic E-state index is -2.83. The number of likely N-dealkylation sites (tertiary alicyclic amines) is 1. The molecule has 3 aromatic carbocycles. The number of hydrogen-bond acceptors (Lipinski definition) is 7. The summed E-state index contributed by atoms with van der Waals surface area (Å²) in [7, 11) is -2.83. The molecule has 2 atom stereocenters. The molecule has 0 N–H and O–H groups in total. The normalized spacial score (nSPS) is 17.1. The fourth-order valence-corrected chi connectivity index (χ4v) is 13.3. The smallest absolute Gasteiger partial charge is 0.410 e. The lowest BCUT2D eigenvalue weighted by molar-refractivity contribution is 0.0209. The van der Waals surface area contributed by atoms with E-state index in [1.54, 1.807) is 22.7 Å². The SMILES string of the molecule is Cc1ncsc1-c1ccc(Cc2cnc([C@@H]3C[C@@H](O[Si](c4ccccc4)(c4ccccc4)C(C)(C)C)CN3C(=O)OC(C)(C)C)s2)cc1. The molecular formula is C39H45N3O3S2Si. The Labute approximate surface area is 294 Å². The van der Waals surface area contributed by atoms with E-state index in [-0.39, 0.29) is 23.3 Å². The van der Waals surface area contributed by atoms with Crippen molar-refractivity contribution in [1.82, 2.24) is 14.9 Å². The summed E-state index contributed by atoms with van der Waals surface area (Å²) in [4.78, 5) is 27.3. The minimum Gasteiger partial charge on any atom is -0.444 e. The second-order valence-corrected chi connectivity index (χ2v) is 20.8. The number of benzene rings is 3. The van der Waals surface area contributed by atoms with Crippen LogP contribution >= 0.6 is 22.7 Å². The van der Waals surface area contributed by atoms with Gasteiger partial charge in [-0.25, -0.2) is 14.8 Å². The van der Waals surface area contributed by atoms with Crippen LogP contribution in [0.3, 0.4) is 0 Å². The van der Waals surface area contributed by atoms with E-state index in [0.29, 0.717) is 13.0 Å². The monoisotopic (exact) mass is 695 g/mol. The van der Waals surface area contributed by atoms with E-state index >= 15 is 0 Å². The predicted octanol–water partition coefficient (Wildman–Crippen LogP) is 8.79. The van der Waals surface area contributed by atoms with Gasteiger partial charge < -0.3 is 9.16 Å². The van der Waals surface area contributed by atoms with Gasteiger partial charge in [0, 0.05) is 30.5 Å². The highest BCUT2D eigenvalue weighted by atomic mass is 32.1. The van der Waals surface area contributed by atoms with Crippen LogP contribution in [0, 0.1) is 6.92 Å². The van der Waals surface area contributed by atoms with Gasteiger partial charge in [-0.1, -0.05) is 106 Å². The van der Waals surface area contributed by atoms with Crippen LogP contribution < -0.4 is 10.4 Å². The molecule has 0 saturated carbocycles. The average molecular weight is 696 g/mol. The van der Waals surface area contributed by atoms with Gasteiger partial charge in [-0.2, -0.15) is 0 Å². The summed E-state index contributed by atoms with van der Waals surface area (Å²) in [5, 5.41) is 3.20. The maximum absolute atomic E-state index is 13.8. The van der Waals surface area contributed by atoms with Gasteiger partial charge in [0.25, 0.3) is 8.32 Å². The molecule has 1 saturated heterocycles. The number of carbonyl (C=O) groups excluding carboxylic acids is 1. The van der Waals surface area contributed by atoms with Crippen LogP contribution in [0.2, 0.25) is 5.04 Å². The van der Waals surface area contributed by atoms with Crippen molar-refractivity contribution in [1.29, 1.82) is 0 Å². The van der Waals surface area contributed by atoms with E-state index in [0.717, 1.165) is 22.0 Å². The Kier molecular flexibility index (Phi) is 9.77. The Bertz CT molecular complexity index is 1790. The first-order valence-electron chi connectivity index (χ1n) is 16.6. The predicted molar refractivity (Wildman–Crippen MR) is 200 cm³/mol. The molecule has 9 heteroatoms. The zero-order valence-electron chi connectivity index (χ0n) is 28.9. The van der Waals surface area contributed by atoms with E-state index < -0.39 is 13.9 Å². The fraction of sp³-hybridized carbons (Fsp3) is 0.359. The van der Waals surface area contributed by atoms with Crippen LogP contribution in [0.5, 0.6) is 0 Å². The zero-order chi connectivity index (χ0) is 34.1. The molecule has 0 radical (unpaired) electrons. The van der Waals surface area contributed by atoms with Gasteiger partial charge in [0.15, 0.2) is 0 Å². The lowest BCUT2D eigenvalue weighted by atomic mass is 10.1. The van der Waals surface area contributed by atoms with E-state index in [1.165, 1.54) is 26.4 Å². The summed E-state index contributed by atoms with van der Waals surface area (Å²) >= 11 is 3.34. The third-order valence-electron chi connectivity index (χ3n) is 8.85. The molecule has 3 heterocycles. The number of carbonyl (C=O) groups is 1. The van der Waals surface area contributed by atoms with Gasteiger partial charge in [-0.05, 0) is 54.2 Å². The second-order valence-electron chi connectivity index (χ2n) is 14.6. The molecule has 6 nitrogen and oxygen atoms in total. The minimum absolute atomic E-state index is 0.173. The van der Waals surface area contributed by atoms with Crippen molar-refractivity contribution >= 4 is 47.5 Å². The maximum Gasteiger partial charge on any atom is 0.410 e. The summed E-state index contributed by atoms with van der Waals surface area (Å²) in [6.07, 6.45) is 2.88. The van der Waals surface area contributed by atoms with Gasteiger partial charge >= 0.3 is 6.09 Å². The standard InChI is InChI=1S/C39H45N3O3S2Si/c1-27-35(46-26-41-27)29-20-18-28(19-21-29)22-31-24-40-36(47-31)34-23-30(25-42(34)37(43)44-38(2,3)4)45-48(39(5,6)7,32-14-10-8-11-15-32)33-16-12-9-13-17-33/h8-21,24,26,30,34H,22-23,25H2,1-7H3/t30-,34+/m1/s1. The Hall–Kier alpha value is -3.63. The molecule has 1 amide bonds. The van der Waals surface area contributed by atoms with Crippen molar-refractivity contribution in [2.45, 2.75) is 84.1 Å². The van der Waals surface area contributed by atoms with Gasteiger partial charge in [0.2, 0.25) is 0 Å². The second kappa shape index (κ2) is 13.7. The van der Waals surface area contributed by atoms with Crippen molar-refractivity contribution in [3.63, 3.8) is 0 Å². The fourth-order valence-electron chi connectivity index (χ4n) is 6.69. The number of amides is 1. The first kappa shape index (κ1) is 34.2. The third-order valence-corrected chi connectivity index (χ3v) is 16.0. The highest BCUT2D eigenvalue weighted by Crippen LogP contribution is 2.42. The maximum atomic E-state index is 13.8. The Balaban J connectivity index is 1.30. The van der Waals surface area contributed by atoms with Crippen molar-refractivity contribution in [2.75, 3.05) is 6.54 Å². The van der Waals surface area contributed by atoms with Crippen molar-refractivity contribution in [2.24, 2.45) is 0 Å². The molecular weight excluding hydrogens is 651 g/mol. The van der Waals surface area contributed by atoms with Crippen molar-refractivity contribution in [3.05, 3.63) is 118 Å². The largest absolute Gasteiger partial charge is 0.444 e. The Morgan fingerprint density at radius 1 is 0.896 bits per heavy atom. The first-order valence-corrected chi connectivity index (χ1v) is 20.2. The molecule has 0 spiro atoms. The van der Waals surface area contributed by atoms with Crippen LogP contribution in [-0.2, 0) is 15.6 Å². The van der Waals surface area contributed by atoms with Gasteiger partial charge in [-0.3, -0.25) is 4.90 Å². The molecule has 1 aliphatic rings. The Morgan fingerprint density at radius 2 is 1.52 bits per heavy atom. The number of nitrogens with zero attached hydrogens (tertiary/aromatic N) is 3. The molecule has 1 fully saturated rings. The van der Waals surface area contributed by atoms with Crippen LogP contribution in [0.15, 0.2) is 96.6 Å². The highest BCUT2D eigenvalue weighted by molar-refractivity contribution is 7.13. The molecule has 2 aromatic heterocycles. The van der Waals surface area contributed by atoms with Crippen molar-refractivity contribution in [3.8, 4) is 10.4 Å². The lowest BCUT2D eigenvalue weighted by Crippen LogP contribution is -2.67. The molecule has 48 heavy (non-hydrogen) atoms. The summed E-state index contributed by atoms with van der Waals surface area (Å²) in [5.74, 6) is 0. The number of aryl methyl sites for hydroxylation is 1. The third kappa shape index (κ3) is 7.20. The number of rotatable bonds is 8. The van der Waals surface area contributed by atoms with E-state index in [9.17, 15) is 4.79 Å². The molecule has 6 rings (SSSR count). The number of ether oxygens (including phenoxy) is 1. The Morgan fingerprint density at radius 3 is 2.06 bits per heavy atom. The first-order chi connectivity index (χ1) is 22.8. The van der Waals surface area contributed by atoms with Crippen LogP contribution in [0.25, 0.3) is 10.4 Å². The molecule has 250 valence electrons. The summed E-state index contributed by atoms with van der Waals surface area (Å²) in [6.45, 7) is 15.1. The average Bonchev–Trinajstić information content (AvgIpc) is 3.80. The van der Waals surface area contributed by atoms with E-state index in [1.807, 2.05) is 44.3 Å². The molecule has 5 aromatic rings. The lowest BCUT2D eigenvalue weighted by Gasteiger charge is -2.44. The van der Waals surface area contributed by atoms with Gasteiger partial charge in [-0.15, -0.1) is 22.7 Å². The summed E-state index contributed by atoms with van der Waals surface area (Å²) in [5.41, 5.74) is 4.75. The number of thiazole rings is 2. The van der Waals surface area contributed by atoms with Crippen LogP contribution in [-0.4, -0.2) is 47.5 Å². The molecule has 0 aliphatic carbocycles. The topological polar surface area (TPSA) is 64.6 Å². The number of hydrogen-bond donors (Lipinski definition) is 0. The number of aromatic nitrogens is 2. The molecule has 0 bridgehead atoms. The quantitative estimate of drug-likeness (QED) is 0.152.